The molecule has 116 valence electrons. The number of benzene rings is 2. The quantitative estimate of drug-likeness (QED) is 0.624. The van der Waals surface area contributed by atoms with Gasteiger partial charge in [0.05, 0.1) is 11.0 Å². The van der Waals surface area contributed by atoms with E-state index in [2.05, 4.69) is 9.97 Å². The van der Waals surface area contributed by atoms with Crippen molar-refractivity contribution in [2.45, 2.75) is 0 Å². The Hall–Kier alpha value is -3.47. The molecule has 1 N–H and O–H groups in total. The van der Waals surface area contributed by atoms with Crippen LogP contribution in [0.1, 0.15) is 10.5 Å². The van der Waals surface area contributed by atoms with Crippen LogP contribution in [0.5, 0.6) is 0 Å². The zero-order valence-corrected chi connectivity index (χ0v) is 12.6. The molecular weight excluding hydrogens is 302 g/mol. The second-order valence-corrected chi connectivity index (χ2v) is 5.31. The van der Waals surface area contributed by atoms with Gasteiger partial charge in [-0.1, -0.05) is 36.4 Å². The molecule has 4 rings (SSSR count). The summed E-state index contributed by atoms with van der Waals surface area (Å²) in [6, 6.07) is 22.5. The molecule has 0 bridgehead atoms. The summed E-state index contributed by atoms with van der Waals surface area (Å²) in [6.45, 7) is 0. The molecule has 5 heteroatoms. The van der Waals surface area contributed by atoms with E-state index < -0.39 is 5.97 Å². The van der Waals surface area contributed by atoms with Crippen LogP contribution in [0.3, 0.4) is 0 Å². The van der Waals surface area contributed by atoms with Crippen molar-refractivity contribution in [2.24, 2.45) is 0 Å². The lowest BCUT2D eigenvalue weighted by atomic mass is 10.2. The average molecular weight is 315 g/mol. The number of carboxylic acids is 1. The molecule has 0 fully saturated rings. The topological polar surface area (TPSA) is 68.0 Å². The third kappa shape index (κ3) is 2.32. The first-order valence-corrected chi connectivity index (χ1v) is 7.48. The van der Waals surface area contributed by atoms with Crippen molar-refractivity contribution in [2.75, 3.05) is 0 Å². The summed E-state index contributed by atoms with van der Waals surface area (Å²) in [6.07, 6.45) is 0. The number of carboxylic acid groups (broad SMARTS) is 1. The van der Waals surface area contributed by atoms with Gasteiger partial charge in [0.25, 0.3) is 0 Å². The van der Waals surface area contributed by atoms with Gasteiger partial charge in [0.15, 0.2) is 5.82 Å². The van der Waals surface area contributed by atoms with Crippen LogP contribution in [0, 0.1) is 0 Å². The molecule has 0 aliphatic heterocycles. The summed E-state index contributed by atoms with van der Waals surface area (Å²) in [5, 5.41) is 9.19. The van der Waals surface area contributed by atoms with Gasteiger partial charge in [0, 0.05) is 5.69 Å². The lowest BCUT2D eigenvalue weighted by Crippen LogP contribution is -2.03. The molecule has 0 aliphatic rings. The van der Waals surface area contributed by atoms with Gasteiger partial charge >= 0.3 is 5.97 Å². The van der Waals surface area contributed by atoms with Crippen LogP contribution in [0.4, 0.5) is 0 Å². The van der Waals surface area contributed by atoms with Crippen molar-refractivity contribution in [3.8, 4) is 17.2 Å². The molecule has 0 radical (unpaired) electrons. The number of aromatic carboxylic acids is 1. The molecular formula is C19H13N3O2. The Kier molecular flexibility index (Phi) is 3.31. The molecule has 2 aromatic heterocycles. The lowest BCUT2D eigenvalue weighted by Gasteiger charge is -2.09. The van der Waals surface area contributed by atoms with Crippen LogP contribution in [-0.4, -0.2) is 25.6 Å². The highest BCUT2D eigenvalue weighted by Gasteiger charge is 2.16. The Labute approximate surface area is 137 Å². The fourth-order valence-corrected chi connectivity index (χ4v) is 2.71. The number of rotatable bonds is 3. The monoisotopic (exact) mass is 315 g/mol. The molecule has 0 unspecified atom stereocenters. The van der Waals surface area contributed by atoms with Crippen LogP contribution in [0.15, 0.2) is 72.8 Å². The largest absolute Gasteiger partial charge is 0.477 e. The first-order valence-electron chi connectivity index (χ1n) is 7.48. The van der Waals surface area contributed by atoms with Crippen molar-refractivity contribution >= 4 is 17.0 Å². The van der Waals surface area contributed by atoms with E-state index in [1.807, 2.05) is 59.2 Å². The number of hydrogen-bond donors (Lipinski definition) is 1. The molecule has 0 saturated carbocycles. The molecule has 2 aromatic carbocycles. The van der Waals surface area contributed by atoms with E-state index in [-0.39, 0.29) is 5.69 Å². The van der Waals surface area contributed by atoms with E-state index in [4.69, 9.17) is 0 Å². The highest BCUT2D eigenvalue weighted by atomic mass is 16.4. The van der Waals surface area contributed by atoms with Crippen molar-refractivity contribution in [1.29, 1.82) is 0 Å². The van der Waals surface area contributed by atoms with E-state index in [1.54, 1.807) is 12.1 Å². The van der Waals surface area contributed by atoms with Crippen LogP contribution in [0.2, 0.25) is 0 Å². The van der Waals surface area contributed by atoms with Gasteiger partial charge in [-0.2, -0.15) is 0 Å². The average Bonchev–Trinajstić information content (AvgIpc) is 3.02. The maximum absolute atomic E-state index is 11.2. The standard InChI is InChI=1S/C19H13N3O2/c23-19(24)16-11-6-10-15(20-16)18-21-14-9-4-5-12-17(14)22(18)13-7-2-1-3-8-13/h1-12H,(H,23,24). The smallest absolute Gasteiger partial charge is 0.354 e. The van der Waals surface area contributed by atoms with E-state index in [9.17, 15) is 9.90 Å². The van der Waals surface area contributed by atoms with Crippen molar-refractivity contribution < 1.29 is 9.90 Å². The minimum absolute atomic E-state index is 0.000771. The minimum atomic E-state index is -1.06. The van der Waals surface area contributed by atoms with Gasteiger partial charge in [-0.15, -0.1) is 0 Å². The zero-order chi connectivity index (χ0) is 16.5. The SMILES string of the molecule is O=C(O)c1cccc(-c2nc3ccccc3n2-c2ccccc2)n1. The lowest BCUT2D eigenvalue weighted by molar-refractivity contribution is 0.0690. The molecule has 4 aromatic rings. The predicted octanol–water partition coefficient (Wildman–Crippen LogP) is 3.79. The second-order valence-electron chi connectivity index (χ2n) is 5.31. The first kappa shape index (κ1) is 14.1. The summed E-state index contributed by atoms with van der Waals surface area (Å²) in [7, 11) is 0. The minimum Gasteiger partial charge on any atom is -0.477 e. The number of hydrogen-bond acceptors (Lipinski definition) is 3. The van der Waals surface area contributed by atoms with Crippen LogP contribution < -0.4 is 0 Å². The highest BCUT2D eigenvalue weighted by Crippen LogP contribution is 2.27. The number of carbonyl (C=O) groups is 1. The molecule has 0 atom stereocenters. The van der Waals surface area contributed by atoms with Crippen LogP contribution >= 0.6 is 0 Å². The van der Waals surface area contributed by atoms with Gasteiger partial charge in [-0.05, 0) is 36.4 Å². The van der Waals surface area contributed by atoms with E-state index in [1.165, 1.54) is 6.07 Å². The molecule has 24 heavy (non-hydrogen) atoms. The zero-order valence-electron chi connectivity index (χ0n) is 12.6. The maximum atomic E-state index is 11.2. The number of pyridine rings is 1. The van der Waals surface area contributed by atoms with Gasteiger partial charge in [-0.25, -0.2) is 14.8 Å². The molecule has 5 nitrogen and oxygen atoms in total. The maximum Gasteiger partial charge on any atom is 0.354 e. The van der Waals surface area contributed by atoms with Gasteiger partial charge in [-0.3, -0.25) is 4.57 Å². The Morgan fingerprint density at radius 3 is 2.38 bits per heavy atom. The fourth-order valence-electron chi connectivity index (χ4n) is 2.71. The summed E-state index contributed by atoms with van der Waals surface area (Å²) in [4.78, 5) is 20.1. The fraction of sp³-hybridized carbons (Fsp3) is 0. The molecule has 0 saturated heterocycles. The van der Waals surface area contributed by atoms with Crippen LogP contribution in [-0.2, 0) is 0 Å². The van der Waals surface area contributed by atoms with Crippen LogP contribution in [0.25, 0.3) is 28.2 Å². The highest BCUT2D eigenvalue weighted by molar-refractivity contribution is 5.87. The van der Waals surface area contributed by atoms with Crippen molar-refractivity contribution in [3.63, 3.8) is 0 Å². The molecule has 0 aliphatic carbocycles. The summed E-state index contributed by atoms with van der Waals surface area (Å²) < 4.78 is 1.99. The summed E-state index contributed by atoms with van der Waals surface area (Å²) >= 11 is 0. The number of aromatic nitrogens is 3. The number of imidazole rings is 1. The Balaban J connectivity index is 2.02. The number of fused-ring (bicyclic) bond motifs is 1. The number of nitrogens with zero attached hydrogens (tertiary/aromatic N) is 3. The number of para-hydroxylation sites is 3. The molecule has 2 heterocycles. The van der Waals surface area contributed by atoms with Crippen molar-refractivity contribution in [3.05, 3.63) is 78.5 Å². The molecule has 0 amide bonds. The van der Waals surface area contributed by atoms with Crippen molar-refractivity contribution in [1.82, 2.24) is 14.5 Å². The first-order chi connectivity index (χ1) is 11.7. The normalized spacial score (nSPS) is 10.8. The Morgan fingerprint density at radius 2 is 1.58 bits per heavy atom. The van der Waals surface area contributed by atoms with E-state index in [0.717, 1.165) is 16.7 Å². The van der Waals surface area contributed by atoms with Gasteiger partial charge in [0.1, 0.15) is 11.4 Å². The van der Waals surface area contributed by atoms with E-state index >= 15 is 0 Å². The van der Waals surface area contributed by atoms with Gasteiger partial charge in [0.2, 0.25) is 0 Å². The van der Waals surface area contributed by atoms with Gasteiger partial charge < -0.3 is 5.11 Å². The summed E-state index contributed by atoms with van der Waals surface area (Å²) in [5.41, 5.74) is 3.25. The molecule has 0 spiro atoms. The Bertz CT molecular complexity index is 1040. The summed E-state index contributed by atoms with van der Waals surface area (Å²) in [5.74, 6) is -0.440. The van der Waals surface area contributed by atoms with E-state index in [0.29, 0.717) is 11.5 Å². The predicted molar refractivity (Wildman–Crippen MR) is 91.3 cm³/mol. The second kappa shape index (κ2) is 5.62. The third-order valence-electron chi connectivity index (χ3n) is 3.77. The third-order valence-corrected chi connectivity index (χ3v) is 3.77. The Morgan fingerprint density at radius 1 is 0.833 bits per heavy atom.